The van der Waals surface area contributed by atoms with E-state index in [0.29, 0.717) is 5.92 Å². The van der Waals surface area contributed by atoms with Gasteiger partial charge in [-0.1, -0.05) is 27.7 Å². The minimum absolute atomic E-state index is 0.0121. The van der Waals surface area contributed by atoms with Crippen molar-refractivity contribution in [3.63, 3.8) is 0 Å². The zero-order chi connectivity index (χ0) is 15.2. The summed E-state index contributed by atoms with van der Waals surface area (Å²) < 4.78 is 0. The van der Waals surface area contributed by atoms with E-state index in [1.807, 2.05) is 20.8 Å². The molecular formula is C14H29N3O2. The molecule has 0 fully saturated rings. The predicted molar refractivity (Wildman–Crippen MR) is 77.5 cm³/mol. The van der Waals surface area contributed by atoms with Crippen LogP contribution in [-0.4, -0.2) is 42.4 Å². The van der Waals surface area contributed by atoms with Crippen LogP contribution in [0.4, 0.5) is 0 Å². The van der Waals surface area contributed by atoms with Gasteiger partial charge < -0.3 is 16.0 Å². The van der Waals surface area contributed by atoms with Crippen molar-refractivity contribution in [2.75, 3.05) is 13.6 Å². The molecule has 1 unspecified atom stereocenters. The molecular weight excluding hydrogens is 242 g/mol. The first-order valence-electron chi connectivity index (χ1n) is 6.95. The molecule has 0 aromatic carbocycles. The second-order valence-corrected chi connectivity index (χ2v) is 5.97. The van der Waals surface area contributed by atoms with Crippen LogP contribution in [0.25, 0.3) is 0 Å². The molecule has 0 aromatic rings. The molecule has 0 bridgehead atoms. The largest absolute Gasteiger partial charge is 0.346 e. The third-order valence-electron chi connectivity index (χ3n) is 3.30. The van der Waals surface area contributed by atoms with E-state index in [0.717, 1.165) is 6.42 Å². The molecule has 5 nitrogen and oxygen atoms in total. The fourth-order valence-electron chi connectivity index (χ4n) is 1.79. The highest BCUT2D eigenvalue weighted by atomic mass is 16.2. The number of carbonyl (C=O) groups is 2. The van der Waals surface area contributed by atoms with Gasteiger partial charge in [-0.15, -0.1) is 0 Å². The summed E-state index contributed by atoms with van der Waals surface area (Å²) in [4.78, 5) is 25.3. The molecule has 5 heteroatoms. The fourth-order valence-corrected chi connectivity index (χ4v) is 1.79. The van der Waals surface area contributed by atoms with Crippen LogP contribution < -0.4 is 11.1 Å². The van der Waals surface area contributed by atoms with Gasteiger partial charge in [0.1, 0.15) is 0 Å². The Kier molecular flexibility index (Phi) is 7.68. The molecule has 3 N–H and O–H groups in total. The summed E-state index contributed by atoms with van der Waals surface area (Å²) in [6.45, 7) is 10.0. The first-order valence-corrected chi connectivity index (χ1v) is 6.95. The van der Waals surface area contributed by atoms with Crippen molar-refractivity contribution in [1.29, 1.82) is 0 Å². The van der Waals surface area contributed by atoms with Crippen LogP contribution in [0, 0.1) is 11.8 Å². The number of nitrogens with two attached hydrogens (primary N) is 1. The van der Waals surface area contributed by atoms with Crippen LogP contribution in [0.15, 0.2) is 0 Å². The van der Waals surface area contributed by atoms with Crippen molar-refractivity contribution in [1.82, 2.24) is 10.2 Å². The Morgan fingerprint density at radius 1 is 1.16 bits per heavy atom. The molecule has 112 valence electrons. The van der Waals surface area contributed by atoms with Crippen LogP contribution in [0.5, 0.6) is 0 Å². The quantitative estimate of drug-likeness (QED) is 0.724. The number of amides is 2. The van der Waals surface area contributed by atoms with E-state index in [9.17, 15) is 9.59 Å². The third kappa shape index (κ3) is 6.57. The third-order valence-corrected chi connectivity index (χ3v) is 3.30. The minimum atomic E-state index is -0.564. The summed E-state index contributed by atoms with van der Waals surface area (Å²) in [5.74, 6) is 0.243. The standard InChI is InChI=1S/C14H29N3O2/c1-9(2)7-11(5)17(6)12(18)8-16-14(19)13(15)10(3)4/h9-11,13H,7-8,15H2,1-6H3,(H,16,19)/t11?,13-/m0/s1. The molecule has 0 saturated heterocycles. The molecule has 2 atom stereocenters. The number of likely N-dealkylation sites (N-methyl/N-ethyl adjacent to an activating group) is 1. The number of rotatable bonds is 7. The Morgan fingerprint density at radius 3 is 2.11 bits per heavy atom. The van der Waals surface area contributed by atoms with Gasteiger partial charge in [0.25, 0.3) is 0 Å². The van der Waals surface area contributed by atoms with E-state index < -0.39 is 6.04 Å². The Hall–Kier alpha value is -1.10. The second-order valence-electron chi connectivity index (χ2n) is 5.97. The van der Waals surface area contributed by atoms with E-state index in [1.165, 1.54) is 0 Å². The number of nitrogens with one attached hydrogen (secondary N) is 1. The van der Waals surface area contributed by atoms with E-state index >= 15 is 0 Å². The van der Waals surface area contributed by atoms with Gasteiger partial charge in [0, 0.05) is 13.1 Å². The lowest BCUT2D eigenvalue weighted by Crippen LogP contribution is -2.48. The molecule has 19 heavy (non-hydrogen) atoms. The maximum Gasteiger partial charge on any atom is 0.241 e. The number of hydrogen-bond donors (Lipinski definition) is 2. The van der Waals surface area contributed by atoms with Crippen LogP contribution in [-0.2, 0) is 9.59 Å². The smallest absolute Gasteiger partial charge is 0.241 e. The Morgan fingerprint density at radius 2 is 1.68 bits per heavy atom. The van der Waals surface area contributed by atoms with Gasteiger partial charge >= 0.3 is 0 Å². The Bertz CT molecular complexity index is 303. The topological polar surface area (TPSA) is 75.4 Å². The van der Waals surface area contributed by atoms with E-state index in [2.05, 4.69) is 19.2 Å². The van der Waals surface area contributed by atoms with Gasteiger partial charge in [-0.25, -0.2) is 0 Å². The van der Waals surface area contributed by atoms with Crippen molar-refractivity contribution in [3.05, 3.63) is 0 Å². The summed E-state index contributed by atoms with van der Waals surface area (Å²) in [5, 5.41) is 2.60. The fraction of sp³-hybridized carbons (Fsp3) is 0.857. The molecule has 0 aliphatic carbocycles. The van der Waals surface area contributed by atoms with E-state index in [1.54, 1.807) is 11.9 Å². The maximum absolute atomic E-state index is 11.9. The highest BCUT2D eigenvalue weighted by molar-refractivity contribution is 5.87. The first kappa shape index (κ1) is 17.9. The van der Waals surface area contributed by atoms with Gasteiger partial charge in [0.05, 0.1) is 12.6 Å². The average molecular weight is 271 g/mol. The van der Waals surface area contributed by atoms with Gasteiger partial charge in [0.15, 0.2) is 0 Å². The SMILES string of the molecule is CC(C)CC(C)N(C)C(=O)CNC(=O)[C@@H](N)C(C)C. The van der Waals surface area contributed by atoms with Gasteiger partial charge in [-0.05, 0) is 25.2 Å². The molecule has 0 aliphatic rings. The molecule has 0 radical (unpaired) electrons. The number of carbonyl (C=O) groups excluding carboxylic acids is 2. The van der Waals surface area contributed by atoms with Gasteiger partial charge in [-0.2, -0.15) is 0 Å². The van der Waals surface area contributed by atoms with Crippen LogP contribution in [0.3, 0.4) is 0 Å². The van der Waals surface area contributed by atoms with Crippen molar-refractivity contribution >= 4 is 11.8 Å². The second kappa shape index (κ2) is 8.15. The van der Waals surface area contributed by atoms with Crippen LogP contribution >= 0.6 is 0 Å². The first-order chi connectivity index (χ1) is 8.66. The summed E-state index contributed by atoms with van der Waals surface area (Å²) in [6.07, 6.45) is 0.946. The molecule has 0 saturated carbocycles. The van der Waals surface area contributed by atoms with Crippen molar-refractivity contribution in [3.8, 4) is 0 Å². The normalized spacial score (nSPS) is 14.4. The van der Waals surface area contributed by atoms with E-state index in [4.69, 9.17) is 5.73 Å². The molecule has 0 rings (SSSR count). The number of hydrogen-bond acceptors (Lipinski definition) is 3. The summed E-state index contributed by atoms with van der Waals surface area (Å²) in [6, 6.07) is -0.394. The lowest BCUT2D eigenvalue weighted by molar-refractivity contribution is -0.134. The zero-order valence-electron chi connectivity index (χ0n) is 13.1. The lowest BCUT2D eigenvalue weighted by atomic mass is 10.0. The minimum Gasteiger partial charge on any atom is -0.346 e. The van der Waals surface area contributed by atoms with Crippen LogP contribution in [0.2, 0.25) is 0 Å². The zero-order valence-corrected chi connectivity index (χ0v) is 13.1. The average Bonchev–Trinajstić information content (AvgIpc) is 2.32. The van der Waals surface area contributed by atoms with Crippen LogP contribution in [0.1, 0.15) is 41.0 Å². The van der Waals surface area contributed by atoms with Gasteiger partial charge in [-0.3, -0.25) is 9.59 Å². The summed E-state index contributed by atoms with van der Waals surface area (Å²) in [5.41, 5.74) is 5.71. The molecule has 2 amide bonds. The molecule has 0 spiro atoms. The van der Waals surface area contributed by atoms with Gasteiger partial charge in [0.2, 0.25) is 11.8 Å². The lowest BCUT2D eigenvalue weighted by Gasteiger charge is -2.26. The summed E-state index contributed by atoms with van der Waals surface area (Å²) in [7, 11) is 1.77. The van der Waals surface area contributed by atoms with Crippen molar-refractivity contribution in [2.45, 2.75) is 53.1 Å². The van der Waals surface area contributed by atoms with Crippen molar-refractivity contribution < 1.29 is 9.59 Å². The molecule has 0 aromatic heterocycles. The maximum atomic E-state index is 11.9. The Labute approximate surface area is 116 Å². The molecule has 0 aliphatic heterocycles. The predicted octanol–water partition coefficient (Wildman–Crippen LogP) is 0.979. The Balaban J connectivity index is 4.20. The monoisotopic (exact) mass is 271 g/mol. The highest BCUT2D eigenvalue weighted by Crippen LogP contribution is 2.09. The highest BCUT2D eigenvalue weighted by Gasteiger charge is 2.20. The molecule has 0 heterocycles. The summed E-state index contributed by atoms with van der Waals surface area (Å²) >= 11 is 0. The van der Waals surface area contributed by atoms with E-state index in [-0.39, 0.29) is 30.3 Å². The van der Waals surface area contributed by atoms with Crippen molar-refractivity contribution in [2.24, 2.45) is 17.6 Å². The number of nitrogens with zero attached hydrogens (tertiary/aromatic N) is 1.